The molecule has 2 aromatic carbocycles. The van der Waals surface area contributed by atoms with E-state index in [0.717, 1.165) is 28.3 Å². The Labute approximate surface area is 161 Å². The second-order valence-electron chi connectivity index (χ2n) is 6.77. The predicted octanol–water partition coefficient (Wildman–Crippen LogP) is 4.71. The van der Waals surface area contributed by atoms with Gasteiger partial charge in [-0.1, -0.05) is 49.7 Å². The summed E-state index contributed by atoms with van der Waals surface area (Å²) in [5.41, 5.74) is 3.26. The summed E-state index contributed by atoms with van der Waals surface area (Å²) in [6, 6.07) is 16.5. The molecule has 0 unspecified atom stereocenters. The lowest BCUT2D eigenvalue weighted by Crippen LogP contribution is -2.29. The molecule has 0 aromatic heterocycles. The van der Waals surface area contributed by atoms with Gasteiger partial charge in [-0.15, -0.1) is 11.8 Å². The first kappa shape index (κ1) is 19.0. The average Bonchev–Trinajstić information content (AvgIpc) is 2.69. The van der Waals surface area contributed by atoms with E-state index in [1.807, 2.05) is 24.3 Å². The standard InChI is InChI=1S/C22H28N2OS/c1-2-26-21-9-5-4-8-20(21)22(25)23-16-18-10-12-19(13-11-18)17-24-14-6-3-7-15-24/h4-5,8-13H,2-3,6-7,14-17H2,1H3,(H,23,25). The fraction of sp³-hybridized carbons (Fsp3) is 0.409. The van der Waals surface area contributed by atoms with Crippen molar-refractivity contribution in [2.24, 2.45) is 0 Å². The predicted molar refractivity (Wildman–Crippen MR) is 110 cm³/mol. The van der Waals surface area contributed by atoms with Crippen molar-refractivity contribution in [3.05, 3.63) is 65.2 Å². The topological polar surface area (TPSA) is 32.3 Å². The molecule has 0 aliphatic carbocycles. The number of thioether (sulfide) groups is 1. The molecule has 0 saturated carbocycles. The summed E-state index contributed by atoms with van der Waals surface area (Å²) in [6.45, 7) is 6.13. The van der Waals surface area contributed by atoms with Crippen LogP contribution in [0.5, 0.6) is 0 Å². The second-order valence-corrected chi connectivity index (χ2v) is 8.07. The Morgan fingerprint density at radius 1 is 1.00 bits per heavy atom. The molecule has 1 saturated heterocycles. The highest BCUT2D eigenvalue weighted by molar-refractivity contribution is 7.99. The molecular weight excluding hydrogens is 340 g/mol. The fourth-order valence-electron chi connectivity index (χ4n) is 3.35. The van der Waals surface area contributed by atoms with Gasteiger partial charge in [0.2, 0.25) is 0 Å². The molecule has 138 valence electrons. The number of likely N-dealkylation sites (tertiary alicyclic amines) is 1. The molecule has 1 amide bonds. The number of hydrogen-bond acceptors (Lipinski definition) is 3. The van der Waals surface area contributed by atoms with Crippen LogP contribution < -0.4 is 5.32 Å². The molecule has 1 N–H and O–H groups in total. The summed E-state index contributed by atoms with van der Waals surface area (Å²) in [5.74, 6) is 0.960. The number of carbonyl (C=O) groups excluding carboxylic acids is 1. The smallest absolute Gasteiger partial charge is 0.252 e. The van der Waals surface area contributed by atoms with Gasteiger partial charge in [0.15, 0.2) is 0 Å². The van der Waals surface area contributed by atoms with Crippen LogP contribution in [0.3, 0.4) is 0 Å². The first-order chi connectivity index (χ1) is 12.8. The number of benzene rings is 2. The lowest BCUT2D eigenvalue weighted by molar-refractivity contribution is 0.0948. The van der Waals surface area contributed by atoms with Crippen molar-refractivity contribution in [3.63, 3.8) is 0 Å². The van der Waals surface area contributed by atoms with Crippen LogP contribution in [0.4, 0.5) is 0 Å². The molecular formula is C22H28N2OS. The van der Waals surface area contributed by atoms with Gasteiger partial charge in [-0.05, 0) is 54.9 Å². The molecule has 4 heteroatoms. The first-order valence-electron chi connectivity index (χ1n) is 9.56. The van der Waals surface area contributed by atoms with Gasteiger partial charge in [0.05, 0.1) is 5.56 Å². The Kier molecular flexibility index (Phi) is 7.15. The Morgan fingerprint density at radius 2 is 1.69 bits per heavy atom. The van der Waals surface area contributed by atoms with Crippen molar-refractivity contribution in [1.82, 2.24) is 10.2 Å². The Balaban J connectivity index is 1.53. The van der Waals surface area contributed by atoms with E-state index in [4.69, 9.17) is 0 Å². The van der Waals surface area contributed by atoms with Crippen molar-refractivity contribution in [2.75, 3.05) is 18.8 Å². The molecule has 0 radical (unpaired) electrons. The average molecular weight is 369 g/mol. The number of nitrogens with zero attached hydrogens (tertiary/aromatic N) is 1. The minimum absolute atomic E-state index is 0.000978. The Morgan fingerprint density at radius 3 is 2.42 bits per heavy atom. The van der Waals surface area contributed by atoms with Crippen molar-refractivity contribution in [1.29, 1.82) is 0 Å². The van der Waals surface area contributed by atoms with E-state index >= 15 is 0 Å². The normalized spacial score (nSPS) is 15.0. The molecule has 2 aromatic rings. The van der Waals surface area contributed by atoms with E-state index in [-0.39, 0.29) is 5.91 Å². The first-order valence-corrected chi connectivity index (χ1v) is 10.5. The molecule has 1 heterocycles. The van der Waals surface area contributed by atoms with Crippen LogP contribution in [0.2, 0.25) is 0 Å². The third kappa shape index (κ3) is 5.36. The second kappa shape index (κ2) is 9.79. The summed E-state index contributed by atoms with van der Waals surface area (Å²) in [4.78, 5) is 16.1. The summed E-state index contributed by atoms with van der Waals surface area (Å²) >= 11 is 1.70. The summed E-state index contributed by atoms with van der Waals surface area (Å²) in [7, 11) is 0. The number of amides is 1. The van der Waals surface area contributed by atoms with Crippen LogP contribution in [0.15, 0.2) is 53.4 Å². The van der Waals surface area contributed by atoms with Crippen molar-refractivity contribution in [2.45, 2.75) is 44.2 Å². The minimum atomic E-state index is -0.000978. The molecule has 26 heavy (non-hydrogen) atoms. The summed E-state index contributed by atoms with van der Waals surface area (Å²) in [5, 5.41) is 3.05. The van der Waals surface area contributed by atoms with Gasteiger partial charge in [0, 0.05) is 18.0 Å². The highest BCUT2D eigenvalue weighted by Crippen LogP contribution is 2.22. The van der Waals surface area contributed by atoms with Crippen molar-refractivity contribution < 1.29 is 4.79 Å². The van der Waals surface area contributed by atoms with E-state index in [0.29, 0.717) is 6.54 Å². The number of piperidine rings is 1. The van der Waals surface area contributed by atoms with Crippen LogP contribution in [0.25, 0.3) is 0 Å². The fourth-order valence-corrected chi connectivity index (χ4v) is 4.15. The quantitative estimate of drug-likeness (QED) is 0.718. The zero-order chi connectivity index (χ0) is 18.2. The van der Waals surface area contributed by atoms with Gasteiger partial charge in [-0.2, -0.15) is 0 Å². The maximum Gasteiger partial charge on any atom is 0.252 e. The summed E-state index contributed by atoms with van der Waals surface area (Å²) in [6.07, 6.45) is 4.01. The lowest BCUT2D eigenvalue weighted by Gasteiger charge is -2.26. The number of nitrogens with one attached hydrogen (secondary N) is 1. The molecule has 1 aliphatic rings. The molecule has 0 spiro atoms. The molecule has 3 rings (SSSR count). The van der Waals surface area contributed by atoms with Crippen LogP contribution in [0.1, 0.15) is 47.7 Å². The van der Waals surface area contributed by atoms with Crippen LogP contribution in [-0.2, 0) is 13.1 Å². The SMILES string of the molecule is CCSc1ccccc1C(=O)NCc1ccc(CN2CCCCC2)cc1. The number of carbonyl (C=O) groups is 1. The maximum atomic E-state index is 12.5. The highest BCUT2D eigenvalue weighted by Gasteiger charge is 2.12. The van der Waals surface area contributed by atoms with E-state index < -0.39 is 0 Å². The number of rotatable bonds is 7. The summed E-state index contributed by atoms with van der Waals surface area (Å²) < 4.78 is 0. The van der Waals surface area contributed by atoms with E-state index in [1.165, 1.54) is 37.9 Å². The van der Waals surface area contributed by atoms with Gasteiger partial charge < -0.3 is 5.32 Å². The van der Waals surface area contributed by atoms with Crippen molar-refractivity contribution >= 4 is 17.7 Å². The minimum Gasteiger partial charge on any atom is -0.348 e. The zero-order valence-corrected chi connectivity index (χ0v) is 16.4. The van der Waals surface area contributed by atoms with E-state index in [1.54, 1.807) is 11.8 Å². The monoisotopic (exact) mass is 368 g/mol. The number of hydrogen-bond donors (Lipinski definition) is 1. The van der Waals surface area contributed by atoms with Gasteiger partial charge >= 0.3 is 0 Å². The van der Waals surface area contributed by atoms with Crippen LogP contribution >= 0.6 is 11.8 Å². The van der Waals surface area contributed by atoms with Crippen molar-refractivity contribution in [3.8, 4) is 0 Å². The lowest BCUT2D eigenvalue weighted by atomic mass is 10.1. The van der Waals surface area contributed by atoms with Gasteiger partial charge in [-0.25, -0.2) is 0 Å². The Hall–Kier alpha value is -1.78. The molecule has 1 fully saturated rings. The third-order valence-electron chi connectivity index (χ3n) is 4.76. The third-order valence-corrected chi connectivity index (χ3v) is 5.72. The van der Waals surface area contributed by atoms with Crippen LogP contribution in [-0.4, -0.2) is 29.6 Å². The van der Waals surface area contributed by atoms with Crippen LogP contribution in [0, 0.1) is 0 Å². The molecule has 1 aliphatic heterocycles. The zero-order valence-electron chi connectivity index (χ0n) is 15.5. The van der Waals surface area contributed by atoms with Gasteiger partial charge in [-0.3, -0.25) is 9.69 Å². The van der Waals surface area contributed by atoms with E-state index in [2.05, 4.69) is 41.4 Å². The van der Waals surface area contributed by atoms with Gasteiger partial charge in [0.25, 0.3) is 5.91 Å². The molecule has 0 atom stereocenters. The van der Waals surface area contributed by atoms with Gasteiger partial charge in [0.1, 0.15) is 0 Å². The molecule has 3 nitrogen and oxygen atoms in total. The highest BCUT2D eigenvalue weighted by atomic mass is 32.2. The maximum absolute atomic E-state index is 12.5. The largest absolute Gasteiger partial charge is 0.348 e. The Bertz CT molecular complexity index is 708. The van der Waals surface area contributed by atoms with E-state index in [9.17, 15) is 4.79 Å². The molecule has 0 bridgehead atoms.